The van der Waals surface area contributed by atoms with E-state index in [1.54, 1.807) is 48.5 Å². The summed E-state index contributed by atoms with van der Waals surface area (Å²) in [5.41, 5.74) is 2.56. The molecule has 7 heteroatoms. The lowest BCUT2D eigenvalue weighted by atomic mass is 10.2. The van der Waals surface area contributed by atoms with Crippen LogP contribution in [0.15, 0.2) is 59.1 Å². The van der Waals surface area contributed by atoms with Crippen molar-refractivity contribution < 1.29 is 23.6 Å². The molecule has 0 spiro atoms. The van der Waals surface area contributed by atoms with Gasteiger partial charge in [-0.3, -0.25) is 4.79 Å². The van der Waals surface area contributed by atoms with E-state index in [0.717, 1.165) is 11.3 Å². The topological polar surface area (TPSA) is 90.7 Å². The van der Waals surface area contributed by atoms with Gasteiger partial charge in [-0.1, -0.05) is 29.4 Å². The smallest absolute Gasteiger partial charge is 0.338 e. The molecule has 3 aromatic rings. The lowest BCUT2D eigenvalue weighted by molar-refractivity contribution is -0.119. The van der Waals surface area contributed by atoms with Crippen molar-refractivity contribution in [1.82, 2.24) is 5.16 Å². The van der Waals surface area contributed by atoms with E-state index >= 15 is 0 Å². The van der Waals surface area contributed by atoms with Crippen LogP contribution in [0.3, 0.4) is 0 Å². The molecule has 0 aliphatic heterocycles. The molecule has 1 heterocycles. The number of hydrogen-bond donors (Lipinski definition) is 1. The number of carbonyl (C=O) groups is 2. The number of aryl methyl sites for hydroxylation is 2. The molecular formula is C21H20N2O5. The number of amides is 1. The third kappa shape index (κ3) is 4.97. The van der Waals surface area contributed by atoms with Crippen molar-refractivity contribution in [3.63, 3.8) is 0 Å². The largest absolute Gasteiger partial charge is 0.489 e. The van der Waals surface area contributed by atoms with Gasteiger partial charge in [0.2, 0.25) is 0 Å². The third-order valence-corrected chi connectivity index (χ3v) is 4.03. The van der Waals surface area contributed by atoms with Gasteiger partial charge in [-0.15, -0.1) is 0 Å². The van der Waals surface area contributed by atoms with Gasteiger partial charge in [0, 0.05) is 5.69 Å². The molecule has 7 nitrogen and oxygen atoms in total. The molecule has 28 heavy (non-hydrogen) atoms. The summed E-state index contributed by atoms with van der Waals surface area (Å²) in [5, 5.41) is 6.53. The van der Waals surface area contributed by atoms with Crippen molar-refractivity contribution in [2.75, 3.05) is 11.9 Å². The maximum atomic E-state index is 12.2. The van der Waals surface area contributed by atoms with Crippen molar-refractivity contribution in [1.29, 1.82) is 0 Å². The van der Waals surface area contributed by atoms with Gasteiger partial charge in [0.15, 0.2) is 6.61 Å². The fourth-order valence-corrected chi connectivity index (χ4v) is 2.51. The summed E-state index contributed by atoms with van der Waals surface area (Å²) in [6.45, 7) is 3.55. The molecule has 2 aromatic carbocycles. The molecule has 0 aliphatic carbocycles. The van der Waals surface area contributed by atoms with E-state index in [0.29, 0.717) is 22.8 Å². The Morgan fingerprint density at radius 1 is 1.07 bits per heavy atom. The van der Waals surface area contributed by atoms with Crippen LogP contribution in [0.4, 0.5) is 5.69 Å². The Bertz CT molecular complexity index is 946. The number of hydrogen-bond acceptors (Lipinski definition) is 6. The molecule has 0 unspecified atom stereocenters. The average molecular weight is 380 g/mol. The monoisotopic (exact) mass is 380 g/mol. The molecule has 1 amide bonds. The third-order valence-electron chi connectivity index (χ3n) is 4.03. The number of rotatable bonds is 7. The van der Waals surface area contributed by atoms with E-state index in [9.17, 15) is 9.59 Å². The highest BCUT2D eigenvalue weighted by atomic mass is 16.5. The summed E-state index contributed by atoms with van der Waals surface area (Å²) in [4.78, 5) is 24.1. The van der Waals surface area contributed by atoms with Crippen LogP contribution in [0.25, 0.3) is 0 Å². The van der Waals surface area contributed by atoms with Crippen LogP contribution in [0.1, 0.15) is 27.4 Å². The number of nitrogens with zero attached hydrogens (tertiary/aromatic N) is 1. The van der Waals surface area contributed by atoms with E-state index < -0.39 is 11.9 Å². The van der Waals surface area contributed by atoms with E-state index in [1.165, 1.54) is 0 Å². The highest BCUT2D eigenvalue weighted by molar-refractivity contribution is 5.95. The predicted octanol–water partition coefficient (Wildman–Crippen LogP) is 3.67. The van der Waals surface area contributed by atoms with Crippen LogP contribution in [0, 0.1) is 13.8 Å². The number of para-hydroxylation sites is 1. The normalized spacial score (nSPS) is 10.4. The fourth-order valence-electron chi connectivity index (χ4n) is 2.51. The first-order valence-electron chi connectivity index (χ1n) is 8.69. The Morgan fingerprint density at radius 2 is 1.86 bits per heavy atom. The van der Waals surface area contributed by atoms with Crippen LogP contribution in [0.5, 0.6) is 5.75 Å². The van der Waals surface area contributed by atoms with Crippen molar-refractivity contribution in [3.8, 4) is 5.75 Å². The van der Waals surface area contributed by atoms with Crippen LogP contribution >= 0.6 is 0 Å². The summed E-state index contributed by atoms with van der Waals surface area (Å²) in [6, 6.07) is 15.5. The molecule has 0 fully saturated rings. The average Bonchev–Trinajstić information content (AvgIpc) is 3.03. The Hall–Kier alpha value is -3.61. The Balaban J connectivity index is 1.54. The number of esters is 1. The summed E-state index contributed by atoms with van der Waals surface area (Å²) in [7, 11) is 0. The standard InChI is InChI=1S/C21H20N2O5/c1-14-19(15(2)28-23-14)12-26-18-10-6-7-16(11-18)21(25)27-13-20(24)22-17-8-4-3-5-9-17/h3-11H,12-13H2,1-2H3,(H,22,24). The molecule has 1 aromatic heterocycles. The molecule has 144 valence electrons. The number of nitrogens with one attached hydrogen (secondary N) is 1. The zero-order chi connectivity index (χ0) is 19.9. The van der Waals surface area contributed by atoms with Crippen molar-refractivity contribution in [2.24, 2.45) is 0 Å². The predicted molar refractivity (Wildman–Crippen MR) is 102 cm³/mol. The lowest BCUT2D eigenvalue weighted by Gasteiger charge is -2.09. The fraction of sp³-hybridized carbons (Fsp3) is 0.190. The molecule has 0 bridgehead atoms. The molecular weight excluding hydrogens is 360 g/mol. The van der Waals surface area contributed by atoms with Gasteiger partial charge in [-0.25, -0.2) is 4.79 Å². The molecule has 0 radical (unpaired) electrons. The minimum absolute atomic E-state index is 0.277. The van der Waals surface area contributed by atoms with Crippen molar-refractivity contribution in [3.05, 3.63) is 77.2 Å². The Labute approximate surface area is 162 Å². The first kappa shape index (κ1) is 19.2. The second kappa shape index (κ2) is 8.85. The van der Waals surface area contributed by atoms with E-state index in [1.807, 2.05) is 19.9 Å². The molecule has 0 aliphatic rings. The SMILES string of the molecule is Cc1noc(C)c1COc1cccc(C(=O)OCC(=O)Nc2ccccc2)c1. The summed E-state index contributed by atoms with van der Waals surface area (Å²) < 4.78 is 15.9. The minimum Gasteiger partial charge on any atom is -0.489 e. The highest BCUT2D eigenvalue weighted by Crippen LogP contribution is 2.19. The maximum Gasteiger partial charge on any atom is 0.338 e. The second-order valence-electron chi connectivity index (χ2n) is 6.11. The zero-order valence-corrected chi connectivity index (χ0v) is 15.6. The van der Waals surface area contributed by atoms with Gasteiger partial charge in [-0.2, -0.15) is 0 Å². The van der Waals surface area contributed by atoms with Crippen LogP contribution < -0.4 is 10.1 Å². The summed E-state index contributed by atoms with van der Waals surface area (Å²) in [5.74, 6) is 0.178. The number of ether oxygens (including phenoxy) is 2. The highest BCUT2D eigenvalue weighted by Gasteiger charge is 2.13. The van der Waals surface area contributed by atoms with Crippen molar-refractivity contribution in [2.45, 2.75) is 20.5 Å². The first-order chi connectivity index (χ1) is 13.5. The van der Waals surface area contributed by atoms with E-state index in [2.05, 4.69) is 10.5 Å². The molecule has 0 saturated heterocycles. The zero-order valence-electron chi connectivity index (χ0n) is 15.6. The van der Waals surface area contributed by atoms with Gasteiger partial charge in [0.05, 0.1) is 16.8 Å². The Kier molecular flexibility index (Phi) is 6.06. The number of benzene rings is 2. The first-order valence-corrected chi connectivity index (χ1v) is 8.69. The molecule has 3 rings (SSSR count). The molecule has 0 saturated carbocycles. The lowest BCUT2D eigenvalue weighted by Crippen LogP contribution is -2.20. The van der Waals surface area contributed by atoms with Crippen LogP contribution in [-0.2, 0) is 16.1 Å². The van der Waals surface area contributed by atoms with E-state index in [4.69, 9.17) is 14.0 Å². The van der Waals surface area contributed by atoms with E-state index in [-0.39, 0.29) is 13.2 Å². The van der Waals surface area contributed by atoms with Gasteiger partial charge in [0.1, 0.15) is 18.1 Å². The molecule has 0 atom stereocenters. The van der Waals surface area contributed by atoms with Gasteiger partial charge < -0.3 is 19.3 Å². The molecule has 1 N–H and O–H groups in total. The summed E-state index contributed by atoms with van der Waals surface area (Å²) >= 11 is 0. The van der Waals surface area contributed by atoms with Gasteiger partial charge >= 0.3 is 5.97 Å². The van der Waals surface area contributed by atoms with Gasteiger partial charge in [-0.05, 0) is 44.2 Å². The van der Waals surface area contributed by atoms with Crippen LogP contribution in [0.2, 0.25) is 0 Å². The number of aromatic nitrogens is 1. The maximum absolute atomic E-state index is 12.2. The minimum atomic E-state index is -0.606. The van der Waals surface area contributed by atoms with Crippen molar-refractivity contribution >= 4 is 17.6 Å². The Morgan fingerprint density at radius 3 is 2.57 bits per heavy atom. The quantitative estimate of drug-likeness (QED) is 0.629. The van der Waals surface area contributed by atoms with Gasteiger partial charge in [0.25, 0.3) is 5.91 Å². The number of anilines is 1. The summed E-state index contributed by atoms with van der Waals surface area (Å²) in [6.07, 6.45) is 0. The second-order valence-corrected chi connectivity index (χ2v) is 6.11. The van der Waals surface area contributed by atoms with Crippen LogP contribution in [-0.4, -0.2) is 23.6 Å². The number of carbonyl (C=O) groups excluding carboxylic acids is 2.